The molecule has 1 saturated heterocycles. The quantitative estimate of drug-likeness (QED) is 0.822. The average Bonchev–Trinajstić information content (AvgIpc) is 2.91. The zero-order valence-corrected chi connectivity index (χ0v) is 11.9. The molecule has 0 spiro atoms. The van der Waals surface area contributed by atoms with E-state index in [1.807, 2.05) is 12.1 Å². The van der Waals surface area contributed by atoms with E-state index in [2.05, 4.69) is 24.1 Å². The molecule has 106 valence electrons. The van der Waals surface area contributed by atoms with Gasteiger partial charge in [0.2, 0.25) is 0 Å². The highest BCUT2D eigenvalue weighted by atomic mass is 16.5. The van der Waals surface area contributed by atoms with E-state index in [9.17, 15) is 0 Å². The van der Waals surface area contributed by atoms with Crippen LogP contribution in [0.2, 0.25) is 0 Å². The molecule has 0 radical (unpaired) electrons. The summed E-state index contributed by atoms with van der Waals surface area (Å²) in [5.74, 6) is 0.839. The van der Waals surface area contributed by atoms with Gasteiger partial charge in [-0.05, 0) is 25.0 Å². The van der Waals surface area contributed by atoms with E-state index < -0.39 is 0 Å². The summed E-state index contributed by atoms with van der Waals surface area (Å²) < 4.78 is 11.2. The second-order valence-corrected chi connectivity index (χ2v) is 5.29. The third kappa shape index (κ3) is 5.17. The van der Waals surface area contributed by atoms with Crippen LogP contribution < -0.4 is 10.1 Å². The summed E-state index contributed by atoms with van der Waals surface area (Å²) in [5.41, 5.74) is 1.04. The Balaban J connectivity index is 1.69. The van der Waals surface area contributed by atoms with Crippen molar-refractivity contribution in [3.05, 3.63) is 24.0 Å². The van der Waals surface area contributed by atoms with Gasteiger partial charge in [0.05, 0.1) is 24.6 Å². The first-order valence-corrected chi connectivity index (χ1v) is 7.17. The normalized spacial score (nSPS) is 19.0. The number of ether oxygens (including phenoxy) is 2. The summed E-state index contributed by atoms with van der Waals surface area (Å²) in [6.07, 6.45) is 5.51. The van der Waals surface area contributed by atoms with E-state index in [0.29, 0.717) is 18.8 Å². The van der Waals surface area contributed by atoms with Crippen LogP contribution in [0.15, 0.2) is 18.3 Å². The molecule has 2 rings (SSSR count). The predicted molar refractivity (Wildman–Crippen MR) is 75.3 cm³/mol. The summed E-state index contributed by atoms with van der Waals surface area (Å²) in [6.45, 7) is 6.67. The lowest BCUT2D eigenvalue weighted by atomic mass is 10.2. The summed E-state index contributed by atoms with van der Waals surface area (Å²) in [7, 11) is 0. The molecule has 2 heterocycles. The Morgan fingerprint density at radius 3 is 3.00 bits per heavy atom. The average molecular weight is 264 g/mol. The number of rotatable bonds is 7. The van der Waals surface area contributed by atoms with Crippen molar-refractivity contribution in [2.45, 2.75) is 51.8 Å². The van der Waals surface area contributed by atoms with Gasteiger partial charge in [-0.3, -0.25) is 4.98 Å². The number of nitrogens with zero attached hydrogens (tertiary/aromatic N) is 1. The lowest BCUT2D eigenvalue weighted by Gasteiger charge is -2.11. The first-order chi connectivity index (χ1) is 9.24. The minimum atomic E-state index is 0.391. The molecule has 0 saturated carbocycles. The van der Waals surface area contributed by atoms with Gasteiger partial charge in [-0.2, -0.15) is 0 Å². The highest BCUT2D eigenvalue weighted by Crippen LogP contribution is 2.16. The molecule has 19 heavy (non-hydrogen) atoms. The summed E-state index contributed by atoms with van der Waals surface area (Å²) in [5, 5.41) is 3.34. The van der Waals surface area contributed by atoms with Gasteiger partial charge in [-0.1, -0.05) is 13.8 Å². The molecule has 4 heteroatoms. The van der Waals surface area contributed by atoms with Crippen LogP contribution >= 0.6 is 0 Å². The number of hydrogen-bond donors (Lipinski definition) is 1. The van der Waals surface area contributed by atoms with Crippen molar-refractivity contribution < 1.29 is 9.47 Å². The minimum absolute atomic E-state index is 0.391. The molecule has 0 aliphatic carbocycles. The van der Waals surface area contributed by atoms with E-state index in [-0.39, 0.29) is 0 Å². The van der Waals surface area contributed by atoms with Gasteiger partial charge < -0.3 is 14.8 Å². The van der Waals surface area contributed by atoms with Crippen molar-refractivity contribution in [1.29, 1.82) is 0 Å². The molecule has 1 aromatic heterocycles. The second kappa shape index (κ2) is 7.46. The Labute approximate surface area is 115 Å². The maximum atomic E-state index is 5.69. The van der Waals surface area contributed by atoms with Gasteiger partial charge in [0, 0.05) is 25.6 Å². The molecular formula is C15H24N2O2. The fraction of sp³-hybridized carbons (Fsp3) is 0.667. The molecule has 0 aromatic carbocycles. The van der Waals surface area contributed by atoms with Crippen LogP contribution in [0.1, 0.15) is 38.8 Å². The molecule has 1 aliphatic rings. The lowest BCUT2D eigenvalue weighted by Crippen LogP contribution is -2.22. The van der Waals surface area contributed by atoms with Gasteiger partial charge >= 0.3 is 0 Å². The van der Waals surface area contributed by atoms with Crippen LogP contribution in [0, 0.1) is 0 Å². The largest absolute Gasteiger partial charge is 0.492 e. The highest BCUT2D eigenvalue weighted by Gasteiger charge is 2.14. The lowest BCUT2D eigenvalue weighted by molar-refractivity contribution is 0.0903. The third-order valence-electron chi connectivity index (χ3n) is 3.22. The van der Waals surface area contributed by atoms with Crippen LogP contribution in [0.3, 0.4) is 0 Å². The van der Waals surface area contributed by atoms with E-state index in [1.54, 1.807) is 6.20 Å². The molecule has 0 bridgehead atoms. The molecule has 1 aliphatic heterocycles. The van der Waals surface area contributed by atoms with Gasteiger partial charge in [0.25, 0.3) is 0 Å². The monoisotopic (exact) mass is 264 g/mol. The number of pyridine rings is 1. The van der Waals surface area contributed by atoms with E-state index >= 15 is 0 Å². The predicted octanol–water partition coefficient (Wildman–Crippen LogP) is 2.53. The summed E-state index contributed by atoms with van der Waals surface area (Å²) in [4.78, 5) is 4.38. The highest BCUT2D eigenvalue weighted by molar-refractivity contribution is 5.19. The number of aromatic nitrogens is 1. The summed E-state index contributed by atoms with van der Waals surface area (Å²) in [6, 6.07) is 4.47. The fourth-order valence-electron chi connectivity index (χ4n) is 2.09. The van der Waals surface area contributed by atoms with Crippen molar-refractivity contribution in [1.82, 2.24) is 10.3 Å². The second-order valence-electron chi connectivity index (χ2n) is 5.29. The molecule has 1 N–H and O–H groups in total. The van der Waals surface area contributed by atoms with Gasteiger partial charge in [-0.15, -0.1) is 0 Å². The first kappa shape index (κ1) is 14.3. The van der Waals surface area contributed by atoms with Crippen molar-refractivity contribution in [3.8, 4) is 5.75 Å². The van der Waals surface area contributed by atoms with Gasteiger partial charge in [-0.25, -0.2) is 0 Å². The topological polar surface area (TPSA) is 43.4 Å². The van der Waals surface area contributed by atoms with Crippen molar-refractivity contribution in [2.24, 2.45) is 0 Å². The SMILES string of the molecule is CC(C)NCc1ccc(OCCC2CCCO2)cn1. The van der Waals surface area contributed by atoms with Crippen LogP contribution in [0.4, 0.5) is 0 Å². The molecule has 1 unspecified atom stereocenters. The Kier molecular flexibility index (Phi) is 5.61. The summed E-state index contributed by atoms with van der Waals surface area (Å²) >= 11 is 0. The smallest absolute Gasteiger partial charge is 0.137 e. The zero-order chi connectivity index (χ0) is 13.5. The zero-order valence-electron chi connectivity index (χ0n) is 11.9. The van der Waals surface area contributed by atoms with Gasteiger partial charge in [0.1, 0.15) is 5.75 Å². The number of hydrogen-bond acceptors (Lipinski definition) is 4. The maximum absolute atomic E-state index is 5.69. The van der Waals surface area contributed by atoms with E-state index in [4.69, 9.17) is 9.47 Å². The molecular weight excluding hydrogens is 240 g/mol. The van der Waals surface area contributed by atoms with Crippen molar-refractivity contribution >= 4 is 0 Å². The van der Waals surface area contributed by atoms with Crippen molar-refractivity contribution in [2.75, 3.05) is 13.2 Å². The van der Waals surface area contributed by atoms with E-state index in [0.717, 1.165) is 31.0 Å². The van der Waals surface area contributed by atoms with Crippen molar-refractivity contribution in [3.63, 3.8) is 0 Å². The maximum Gasteiger partial charge on any atom is 0.137 e. The van der Waals surface area contributed by atoms with E-state index in [1.165, 1.54) is 12.8 Å². The van der Waals surface area contributed by atoms with Crippen LogP contribution in [-0.4, -0.2) is 30.3 Å². The molecule has 4 nitrogen and oxygen atoms in total. The molecule has 0 amide bonds. The van der Waals surface area contributed by atoms with Crippen LogP contribution in [0.25, 0.3) is 0 Å². The standard InChI is InChI=1S/C15H24N2O2/c1-12(2)16-10-13-5-6-15(11-17-13)19-9-7-14-4-3-8-18-14/h5-6,11-12,14,16H,3-4,7-10H2,1-2H3. The first-order valence-electron chi connectivity index (χ1n) is 7.17. The Bertz CT molecular complexity index is 359. The Morgan fingerprint density at radius 1 is 1.47 bits per heavy atom. The van der Waals surface area contributed by atoms with Crippen LogP contribution in [-0.2, 0) is 11.3 Å². The van der Waals surface area contributed by atoms with Crippen LogP contribution in [0.5, 0.6) is 5.75 Å². The molecule has 1 aromatic rings. The molecule has 1 atom stereocenters. The third-order valence-corrected chi connectivity index (χ3v) is 3.22. The Hall–Kier alpha value is -1.13. The Morgan fingerprint density at radius 2 is 2.37 bits per heavy atom. The number of nitrogens with one attached hydrogen (secondary N) is 1. The minimum Gasteiger partial charge on any atom is -0.492 e. The van der Waals surface area contributed by atoms with Gasteiger partial charge in [0.15, 0.2) is 0 Å². The fourth-order valence-corrected chi connectivity index (χ4v) is 2.09. The molecule has 1 fully saturated rings.